The highest BCUT2D eigenvalue weighted by Crippen LogP contribution is 1.97. The predicted molar refractivity (Wildman–Crippen MR) is 52.2 cm³/mol. The largest absolute Gasteiger partial charge is 0.481 e. The minimum absolute atomic E-state index is 0.0231. The molecule has 0 aliphatic rings. The topological polar surface area (TPSA) is 70.0 Å². The van der Waals surface area contributed by atoms with Gasteiger partial charge in [-0.2, -0.15) is 0 Å². The lowest BCUT2D eigenvalue weighted by Crippen LogP contribution is -2.31. The van der Waals surface area contributed by atoms with Gasteiger partial charge in [-0.3, -0.25) is 4.79 Å². The summed E-state index contributed by atoms with van der Waals surface area (Å²) < 4.78 is 5.06. The summed E-state index contributed by atoms with van der Waals surface area (Å²) in [6, 6.07) is 0. The number of carboxylic acid groups (broad SMARTS) is 1. The van der Waals surface area contributed by atoms with Crippen LogP contribution < -0.4 is 0 Å². The van der Waals surface area contributed by atoms with Crippen LogP contribution in [0.25, 0.3) is 0 Å². The van der Waals surface area contributed by atoms with E-state index < -0.39 is 5.97 Å². The van der Waals surface area contributed by atoms with E-state index in [1.54, 1.807) is 6.92 Å². The van der Waals surface area contributed by atoms with Gasteiger partial charge in [-0.25, -0.2) is 0 Å². The van der Waals surface area contributed by atoms with Crippen molar-refractivity contribution in [2.45, 2.75) is 6.92 Å². The molecule has 0 radical (unpaired) electrons. The molecule has 0 aromatic rings. The van der Waals surface area contributed by atoms with Crippen molar-refractivity contribution in [1.82, 2.24) is 4.90 Å². The number of rotatable bonds is 8. The first-order chi connectivity index (χ1) is 6.57. The van der Waals surface area contributed by atoms with E-state index in [1.807, 2.05) is 11.9 Å². The van der Waals surface area contributed by atoms with E-state index in [4.69, 9.17) is 14.9 Å². The number of ether oxygens (including phenoxy) is 1. The summed E-state index contributed by atoms with van der Waals surface area (Å²) in [7, 11) is 1.85. The lowest BCUT2D eigenvalue weighted by molar-refractivity contribution is -0.141. The van der Waals surface area contributed by atoms with E-state index >= 15 is 0 Å². The smallest absolute Gasteiger partial charge is 0.307 e. The fraction of sp³-hybridized carbons (Fsp3) is 0.889. The van der Waals surface area contributed by atoms with Crippen LogP contribution in [-0.4, -0.2) is 61.0 Å². The third-order valence-electron chi connectivity index (χ3n) is 1.86. The third kappa shape index (κ3) is 6.82. The van der Waals surface area contributed by atoms with E-state index in [2.05, 4.69) is 0 Å². The van der Waals surface area contributed by atoms with Crippen molar-refractivity contribution in [3.05, 3.63) is 0 Å². The molecular formula is C9H19NO4. The number of aliphatic hydroxyl groups is 1. The first kappa shape index (κ1) is 13.4. The van der Waals surface area contributed by atoms with Gasteiger partial charge < -0.3 is 19.8 Å². The SMILES string of the molecule is CC(CN(C)CCOCCO)C(=O)O. The predicted octanol–water partition coefficient (Wildman–Crippen LogP) is -0.352. The van der Waals surface area contributed by atoms with Gasteiger partial charge in [0.15, 0.2) is 0 Å². The maximum atomic E-state index is 10.5. The van der Waals surface area contributed by atoms with Gasteiger partial charge in [-0.15, -0.1) is 0 Å². The van der Waals surface area contributed by atoms with Crippen molar-refractivity contribution in [2.24, 2.45) is 5.92 Å². The molecule has 0 heterocycles. The number of likely N-dealkylation sites (N-methyl/N-ethyl adjacent to an activating group) is 1. The lowest BCUT2D eigenvalue weighted by atomic mass is 10.2. The second-order valence-corrected chi connectivity index (χ2v) is 3.34. The molecule has 1 unspecified atom stereocenters. The molecule has 0 bridgehead atoms. The molecule has 1 atom stereocenters. The van der Waals surface area contributed by atoms with Crippen LogP contribution >= 0.6 is 0 Å². The van der Waals surface area contributed by atoms with Gasteiger partial charge >= 0.3 is 5.97 Å². The van der Waals surface area contributed by atoms with Crippen molar-refractivity contribution >= 4 is 5.97 Å². The minimum Gasteiger partial charge on any atom is -0.481 e. The Morgan fingerprint density at radius 2 is 2.14 bits per heavy atom. The first-order valence-electron chi connectivity index (χ1n) is 4.68. The molecule has 0 spiro atoms. The molecule has 0 fully saturated rings. The van der Waals surface area contributed by atoms with Crippen LogP contribution in [0.4, 0.5) is 0 Å². The van der Waals surface area contributed by atoms with E-state index in [0.29, 0.717) is 26.3 Å². The Balaban J connectivity index is 3.45. The van der Waals surface area contributed by atoms with Gasteiger partial charge in [0.1, 0.15) is 0 Å². The molecule has 0 aliphatic heterocycles. The van der Waals surface area contributed by atoms with Crippen molar-refractivity contribution in [3.8, 4) is 0 Å². The van der Waals surface area contributed by atoms with Gasteiger partial charge in [0.25, 0.3) is 0 Å². The molecule has 2 N–H and O–H groups in total. The molecule has 0 saturated carbocycles. The fourth-order valence-corrected chi connectivity index (χ4v) is 1.02. The number of carboxylic acids is 1. The van der Waals surface area contributed by atoms with Crippen molar-refractivity contribution in [2.75, 3.05) is 40.0 Å². The molecule has 0 rings (SSSR count). The Labute approximate surface area is 84.3 Å². The molecule has 84 valence electrons. The van der Waals surface area contributed by atoms with Gasteiger partial charge in [0, 0.05) is 13.1 Å². The second kappa shape index (κ2) is 7.73. The molecule has 5 nitrogen and oxygen atoms in total. The molecule has 0 amide bonds. The molecule has 5 heteroatoms. The maximum Gasteiger partial charge on any atom is 0.307 e. The summed E-state index contributed by atoms with van der Waals surface area (Å²) in [5.74, 6) is -1.15. The van der Waals surface area contributed by atoms with Gasteiger partial charge in [-0.1, -0.05) is 6.92 Å². The number of hydrogen-bond donors (Lipinski definition) is 2. The van der Waals surface area contributed by atoms with E-state index in [9.17, 15) is 4.79 Å². The van der Waals surface area contributed by atoms with Crippen LogP contribution in [0, 0.1) is 5.92 Å². The first-order valence-corrected chi connectivity index (χ1v) is 4.68. The Hall–Kier alpha value is -0.650. The zero-order valence-corrected chi connectivity index (χ0v) is 8.77. The normalized spacial score (nSPS) is 13.1. The van der Waals surface area contributed by atoms with Crippen LogP contribution in [0.5, 0.6) is 0 Å². The van der Waals surface area contributed by atoms with Crippen molar-refractivity contribution in [3.63, 3.8) is 0 Å². The highest BCUT2D eigenvalue weighted by molar-refractivity contribution is 5.69. The van der Waals surface area contributed by atoms with Crippen LogP contribution in [0.2, 0.25) is 0 Å². The standard InChI is InChI=1S/C9H19NO4/c1-8(9(12)13)7-10(2)3-5-14-6-4-11/h8,11H,3-7H2,1-2H3,(H,12,13). The van der Waals surface area contributed by atoms with Crippen LogP contribution in [0.3, 0.4) is 0 Å². The average Bonchev–Trinajstić information content (AvgIpc) is 2.12. The summed E-state index contributed by atoms with van der Waals surface area (Å²) in [5, 5.41) is 17.1. The number of aliphatic hydroxyl groups excluding tert-OH is 1. The lowest BCUT2D eigenvalue weighted by Gasteiger charge is -2.18. The highest BCUT2D eigenvalue weighted by atomic mass is 16.5. The third-order valence-corrected chi connectivity index (χ3v) is 1.86. The van der Waals surface area contributed by atoms with Gasteiger partial charge in [-0.05, 0) is 7.05 Å². The van der Waals surface area contributed by atoms with Gasteiger partial charge in [0.05, 0.1) is 25.7 Å². The quantitative estimate of drug-likeness (QED) is 0.530. The zero-order chi connectivity index (χ0) is 11.0. The van der Waals surface area contributed by atoms with E-state index in [-0.39, 0.29) is 12.5 Å². The van der Waals surface area contributed by atoms with E-state index in [1.165, 1.54) is 0 Å². The number of aliphatic carboxylic acids is 1. The second-order valence-electron chi connectivity index (χ2n) is 3.34. The Bertz CT molecular complexity index is 163. The Kier molecular flexibility index (Phi) is 7.37. The molecular weight excluding hydrogens is 186 g/mol. The number of hydrogen-bond acceptors (Lipinski definition) is 4. The molecule has 0 saturated heterocycles. The summed E-state index contributed by atoms with van der Waals surface area (Å²) in [4.78, 5) is 12.4. The van der Waals surface area contributed by atoms with E-state index in [0.717, 1.165) is 0 Å². The minimum atomic E-state index is -0.784. The number of carbonyl (C=O) groups is 1. The average molecular weight is 205 g/mol. The summed E-state index contributed by atoms with van der Waals surface area (Å²) in [6.45, 7) is 3.74. The Morgan fingerprint density at radius 3 is 2.64 bits per heavy atom. The monoisotopic (exact) mass is 205 g/mol. The Morgan fingerprint density at radius 1 is 1.50 bits per heavy atom. The maximum absolute atomic E-state index is 10.5. The highest BCUT2D eigenvalue weighted by Gasteiger charge is 2.12. The van der Waals surface area contributed by atoms with Crippen molar-refractivity contribution < 1.29 is 19.7 Å². The number of nitrogens with zero attached hydrogens (tertiary/aromatic N) is 1. The molecule has 0 aromatic heterocycles. The van der Waals surface area contributed by atoms with Gasteiger partial charge in [0.2, 0.25) is 0 Å². The molecule has 0 aliphatic carbocycles. The van der Waals surface area contributed by atoms with Crippen LogP contribution in [0.15, 0.2) is 0 Å². The van der Waals surface area contributed by atoms with Crippen LogP contribution in [-0.2, 0) is 9.53 Å². The fourth-order valence-electron chi connectivity index (χ4n) is 1.02. The molecule has 0 aromatic carbocycles. The van der Waals surface area contributed by atoms with Crippen LogP contribution in [0.1, 0.15) is 6.92 Å². The van der Waals surface area contributed by atoms with Crippen molar-refractivity contribution in [1.29, 1.82) is 0 Å². The molecule has 14 heavy (non-hydrogen) atoms. The summed E-state index contributed by atoms with van der Waals surface area (Å²) in [6.07, 6.45) is 0. The summed E-state index contributed by atoms with van der Waals surface area (Å²) in [5.41, 5.74) is 0. The zero-order valence-electron chi connectivity index (χ0n) is 8.77. The summed E-state index contributed by atoms with van der Waals surface area (Å²) >= 11 is 0.